The number of alkyl carbamates (subject to hydrolysis) is 1. The topological polar surface area (TPSA) is 150 Å². The number of carbonyl (C=O) groups excluding carboxylic acids is 3. The Hall–Kier alpha value is -1.34. The van der Waals surface area contributed by atoms with Crippen molar-refractivity contribution in [3.63, 3.8) is 0 Å². The Kier molecular flexibility index (Phi) is 29.8. The van der Waals surface area contributed by atoms with Gasteiger partial charge in [0.2, 0.25) is 3.79 Å². The summed E-state index contributed by atoms with van der Waals surface area (Å²) in [5, 5.41) is 23.5. The van der Waals surface area contributed by atoms with Crippen molar-refractivity contribution in [2.24, 2.45) is 0 Å². The zero-order valence-electron chi connectivity index (χ0n) is 32.9. The highest BCUT2D eigenvalue weighted by molar-refractivity contribution is 6.67. The molecule has 0 aromatic heterocycles. The molecule has 54 heavy (non-hydrogen) atoms. The van der Waals surface area contributed by atoms with Crippen molar-refractivity contribution in [2.75, 3.05) is 19.8 Å². The molecule has 3 N–H and O–H groups in total. The molecule has 0 aromatic carbocycles. The van der Waals surface area contributed by atoms with Crippen LogP contribution >= 0.6 is 34.8 Å². The first-order valence-electron chi connectivity index (χ1n) is 20.5. The number of alkyl halides is 3. The van der Waals surface area contributed by atoms with Gasteiger partial charge < -0.3 is 39.2 Å². The lowest BCUT2D eigenvalue weighted by Gasteiger charge is -2.43. The molecule has 0 aliphatic carbocycles. The number of hydrogen-bond acceptors (Lipinski definition) is 10. The zero-order chi connectivity index (χ0) is 40.0. The van der Waals surface area contributed by atoms with E-state index in [-0.39, 0.29) is 25.4 Å². The molecule has 0 bridgehead atoms. The number of halogens is 3. The molecule has 1 amide bonds. The maximum Gasteiger partial charge on any atom is 0.407 e. The van der Waals surface area contributed by atoms with Crippen LogP contribution in [0.4, 0.5) is 4.79 Å². The average molecular weight is 831 g/mol. The zero-order valence-corrected chi connectivity index (χ0v) is 35.2. The van der Waals surface area contributed by atoms with Gasteiger partial charge in [0.25, 0.3) is 0 Å². The number of esters is 2. The minimum atomic E-state index is -1.89. The quantitative estimate of drug-likeness (QED) is 0.0197. The van der Waals surface area contributed by atoms with E-state index >= 15 is 0 Å². The van der Waals surface area contributed by atoms with E-state index < -0.39 is 65.8 Å². The summed E-state index contributed by atoms with van der Waals surface area (Å²) in [6, 6.07) is -1.30. The first kappa shape index (κ1) is 50.7. The molecule has 1 saturated heterocycles. The molecule has 14 heteroatoms. The Morgan fingerprint density at radius 2 is 1.33 bits per heavy atom. The number of hydrogen-bond donors (Lipinski definition) is 3. The average Bonchev–Trinajstić information content (AvgIpc) is 3.13. The van der Waals surface area contributed by atoms with E-state index in [1.807, 2.05) is 0 Å². The summed E-state index contributed by atoms with van der Waals surface area (Å²) in [5.41, 5.74) is 0. The van der Waals surface area contributed by atoms with Gasteiger partial charge in [0, 0.05) is 6.42 Å². The second-order valence-electron chi connectivity index (χ2n) is 14.4. The highest BCUT2D eigenvalue weighted by Gasteiger charge is 2.49. The maximum atomic E-state index is 13.5. The summed E-state index contributed by atoms with van der Waals surface area (Å²) in [6.07, 6.45) is 17.5. The highest BCUT2D eigenvalue weighted by Crippen LogP contribution is 2.28. The summed E-state index contributed by atoms with van der Waals surface area (Å²) in [7, 11) is 0. The molecular weight excluding hydrogens is 761 g/mol. The fraction of sp³-hybridized carbons (Fsp3) is 0.875. The summed E-state index contributed by atoms with van der Waals surface area (Å²) in [4.78, 5) is 39.1. The number of amides is 1. The Balaban J connectivity index is 2.87. The lowest BCUT2D eigenvalue weighted by atomic mass is 9.96. The number of aliphatic hydroxyl groups is 2. The predicted octanol–water partition coefficient (Wildman–Crippen LogP) is 9.57. The van der Waals surface area contributed by atoms with Crippen molar-refractivity contribution < 1.29 is 48.3 Å². The fourth-order valence-corrected chi connectivity index (χ4v) is 6.60. The first-order chi connectivity index (χ1) is 25.9. The van der Waals surface area contributed by atoms with Crippen LogP contribution in [0.5, 0.6) is 0 Å². The van der Waals surface area contributed by atoms with E-state index in [4.69, 9.17) is 58.5 Å². The third kappa shape index (κ3) is 25.0. The van der Waals surface area contributed by atoms with Crippen LogP contribution in [0.1, 0.15) is 162 Å². The van der Waals surface area contributed by atoms with Crippen molar-refractivity contribution in [1.29, 1.82) is 0 Å². The molecule has 1 heterocycles. The van der Waals surface area contributed by atoms with Gasteiger partial charge in [0.1, 0.15) is 31.0 Å². The lowest BCUT2D eigenvalue weighted by Crippen LogP contribution is -2.66. The summed E-state index contributed by atoms with van der Waals surface area (Å²) < 4.78 is 26.0. The Morgan fingerprint density at radius 3 is 1.83 bits per heavy atom. The molecule has 0 spiro atoms. The third-order valence-corrected chi connectivity index (χ3v) is 9.78. The number of unbranched alkanes of at least 4 members (excludes halogenated alkanes) is 18. The molecule has 1 fully saturated rings. The van der Waals surface area contributed by atoms with Gasteiger partial charge in [-0.05, 0) is 19.3 Å². The standard InChI is InChI=1S/C40H70Cl3NO10/c1-4-7-9-11-13-15-16-18-20-22-24-26-33(46)52-31(25-23-21-19-17-14-12-10-8-5-2)28-34(47)54-37-35(44-39(49)51-30-40(41,42)43)38(50-27-6-3)53-32(29-45)36(37)48/h6,31-32,35-38,45,48H,3-5,7-30H2,1-2H3,(H,44,49)/t31-,32-,35-,36-,37-,38+/m1/s1. The molecule has 1 aliphatic rings. The predicted molar refractivity (Wildman–Crippen MR) is 214 cm³/mol. The molecule has 316 valence electrons. The highest BCUT2D eigenvalue weighted by atomic mass is 35.6. The molecule has 0 unspecified atom stereocenters. The van der Waals surface area contributed by atoms with Gasteiger partial charge in [-0.3, -0.25) is 9.59 Å². The molecule has 6 atom stereocenters. The Morgan fingerprint density at radius 1 is 0.815 bits per heavy atom. The van der Waals surface area contributed by atoms with Gasteiger partial charge in [-0.1, -0.05) is 170 Å². The van der Waals surface area contributed by atoms with E-state index in [2.05, 4.69) is 25.7 Å². The van der Waals surface area contributed by atoms with E-state index in [1.54, 1.807) is 0 Å². The van der Waals surface area contributed by atoms with Crippen LogP contribution in [0.25, 0.3) is 0 Å². The molecule has 0 aromatic rings. The van der Waals surface area contributed by atoms with E-state index in [9.17, 15) is 24.6 Å². The molecule has 0 radical (unpaired) electrons. The minimum absolute atomic E-state index is 0.0309. The van der Waals surface area contributed by atoms with E-state index in [1.165, 1.54) is 83.1 Å². The molecule has 11 nitrogen and oxygen atoms in total. The van der Waals surface area contributed by atoms with E-state index in [0.717, 1.165) is 51.4 Å². The summed E-state index contributed by atoms with van der Waals surface area (Å²) in [6.45, 7) is 6.78. The van der Waals surface area contributed by atoms with Crippen molar-refractivity contribution in [3.05, 3.63) is 12.7 Å². The van der Waals surface area contributed by atoms with Gasteiger partial charge in [0.15, 0.2) is 12.4 Å². The van der Waals surface area contributed by atoms with E-state index in [0.29, 0.717) is 6.42 Å². The monoisotopic (exact) mass is 829 g/mol. The summed E-state index contributed by atoms with van der Waals surface area (Å²) in [5.74, 6) is -1.13. The number of ether oxygens (including phenoxy) is 5. The number of rotatable bonds is 32. The van der Waals surface area contributed by atoms with Gasteiger partial charge in [-0.25, -0.2) is 4.79 Å². The second-order valence-corrected chi connectivity index (χ2v) is 16.9. The third-order valence-electron chi connectivity index (χ3n) is 9.46. The molecule has 1 rings (SSSR count). The number of aliphatic hydroxyl groups excluding tert-OH is 2. The minimum Gasteiger partial charge on any atom is -0.462 e. The van der Waals surface area contributed by atoms with Gasteiger partial charge in [-0.2, -0.15) is 0 Å². The normalized spacial score (nSPS) is 20.6. The Labute approximate surface area is 339 Å². The van der Waals surface area contributed by atoms with Crippen LogP contribution in [0.3, 0.4) is 0 Å². The molecule has 1 aliphatic heterocycles. The lowest BCUT2D eigenvalue weighted by molar-refractivity contribution is -0.270. The van der Waals surface area contributed by atoms with Gasteiger partial charge in [0.05, 0.1) is 19.6 Å². The van der Waals surface area contributed by atoms with Crippen LogP contribution in [0, 0.1) is 0 Å². The van der Waals surface area contributed by atoms with Crippen LogP contribution < -0.4 is 5.32 Å². The van der Waals surface area contributed by atoms with Gasteiger partial charge >= 0.3 is 18.0 Å². The fourth-order valence-electron chi connectivity index (χ4n) is 6.44. The van der Waals surface area contributed by atoms with Crippen molar-refractivity contribution in [3.8, 4) is 0 Å². The van der Waals surface area contributed by atoms with Crippen molar-refractivity contribution >= 4 is 52.8 Å². The Bertz CT molecular complexity index is 1000. The van der Waals surface area contributed by atoms with Crippen molar-refractivity contribution in [2.45, 2.75) is 202 Å². The number of carbonyl (C=O) groups is 3. The van der Waals surface area contributed by atoms with Crippen LogP contribution in [-0.2, 0) is 33.3 Å². The maximum absolute atomic E-state index is 13.5. The largest absolute Gasteiger partial charge is 0.462 e. The molecular formula is C40H70Cl3NO10. The first-order valence-corrected chi connectivity index (χ1v) is 21.6. The van der Waals surface area contributed by atoms with Crippen LogP contribution in [-0.4, -0.2) is 88.6 Å². The van der Waals surface area contributed by atoms with Crippen molar-refractivity contribution in [1.82, 2.24) is 5.32 Å². The molecule has 0 saturated carbocycles. The van der Waals surface area contributed by atoms with Crippen LogP contribution in [0.15, 0.2) is 12.7 Å². The summed E-state index contributed by atoms with van der Waals surface area (Å²) >= 11 is 17.1. The van der Waals surface area contributed by atoms with Gasteiger partial charge in [-0.15, -0.1) is 6.58 Å². The smallest absolute Gasteiger partial charge is 0.407 e. The van der Waals surface area contributed by atoms with Crippen LogP contribution in [0.2, 0.25) is 0 Å². The SMILES string of the molecule is C=CCO[C@H]1O[C@H](CO)[C@@H](O)[C@H](OC(=O)C[C@@H](CCCCCCCCCCC)OC(=O)CCCCCCCCCCCCC)[C@H]1NC(=O)OCC(Cl)(Cl)Cl. The number of nitrogens with one attached hydrogen (secondary N) is 1. The second kappa shape index (κ2) is 31.7.